The van der Waals surface area contributed by atoms with Gasteiger partial charge in [0.2, 0.25) is 0 Å². The lowest BCUT2D eigenvalue weighted by Gasteiger charge is -2.34. The summed E-state index contributed by atoms with van der Waals surface area (Å²) in [7, 11) is 1.65. The minimum Gasteiger partial charge on any atom is -0.497 e. The lowest BCUT2D eigenvalue weighted by molar-refractivity contribution is -0.115. The average Bonchev–Trinajstić information content (AvgIpc) is 3.62. The Morgan fingerprint density at radius 3 is 2.53 bits per heavy atom. The minimum atomic E-state index is -0.179. The van der Waals surface area contributed by atoms with E-state index >= 15 is 0 Å². The van der Waals surface area contributed by atoms with Crippen molar-refractivity contribution in [2.24, 2.45) is 27.0 Å². The SMILES string of the molecule is COc1ccc(-c2nn(-c3ccccc3)cc2C=C2S/C(=N\N=C3CC4CCC3(C)C4(C)C)NC2=O)cc1. The fraction of sp³-hybridized carbons (Fsp3) is 0.333. The van der Waals surface area contributed by atoms with Gasteiger partial charge in [0.15, 0.2) is 5.17 Å². The predicted molar refractivity (Wildman–Crippen MR) is 153 cm³/mol. The number of hydrogen-bond donors (Lipinski definition) is 1. The zero-order valence-electron chi connectivity index (χ0n) is 22.1. The Bertz CT molecular complexity index is 1490. The number of carbonyl (C=O) groups is 1. The number of fused-ring (bicyclic) bond motifs is 2. The first-order chi connectivity index (χ1) is 18.3. The van der Waals surface area contributed by atoms with Crippen molar-refractivity contribution in [3.05, 3.63) is 71.3 Å². The third kappa shape index (κ3) is 4.07. The first-order valence-corrected chi connectivity index (χ1v) is 13.8. The molecule has 2 saturated carbocycles. The van der Waals surface area contributed by atoms with Crippen LogP contribution >= 0.6 is 11.8 Å². The van der Waals surface area contributed by atoms with Gasteiger partial charge in [0, 0.05) is 28.5 Å². The van der Waals surface area contributed by atoms with Crippen molar-refractivity contribution >= 4 is 34.6 Å². The maximum Gasteiger partial charge on any atom is 0.264 e. The van der Waals surface area contributed by atoms with Crippen molar-refractivity contribution in [2.75, 3.05) is 7.11 Å². The molecule has 1 amide bonds. The van der Waals surface area contributed by atoms with E-state index in [1.165, 1.54) is 18.2 Å². The molecule has 0 spiro atoms. The Hall–Kier alpha value is -3.65. The Morgan fingerprint density at radius 2 is 1.87 bits per heavy atom. The van der Waals surface area contributed by atoms with Crippen molar-refractivity contribution in [1.29, 1.82) is 0 Å². The minimum absolute atomic E-state index is 0.0764. The molecule has 7 nitrogen and oxygen atoms in total. The van der Waals surface area contributed by atoms with E-state index in [0.29, 0.717) is 16.0 Å². The summed E-state index contributed by atoms with van der Waals surface area (Å²) >= 11 is 1.32. The second-order valence-electron chi connectivity index (χ2n) is 11.0. The van der Waals surface area contributed by atoms with Gasteiger partial charge in [-0.2, -0.15) is 10.2 Å². The van der Waals surface area contributed by atoms with Crippen molar-refractivity contribution in [3.8, 4) is 22.7 Å². The summed E-state index contributed by atoms with van der Waals surface area (Å²) in [6, 6.07) is 17.7. The molecule has 194 valence electrons. The molecule has 2 bridgehead atoms. The molecule has 0 radical (unpaired) electrons. The fourth-order valence-electron chi connectivity index (χ4n) is 5.98. The molecule has 8 heteroatoms. The fourth-order valence-corrected chi connectivity index (χ4v) is 6.74. The second-order valence-corrected chi connectivity index (χ2v) is 12.0. The van der Waals surface area contributed by atoms with E-state index < -0.39 is 0 Å². The quantitative estimate of drug-likeness (QED) is 0.313. The molecule has 3 fully saturated rings. The number of aromatic nitrogens is 2. The first kappa shape index (κ1) is 24.7. The van der Waals surface area contributed by atoms with Crippen LogP contribution in [0.4, 0.5) is 0 Å². The highest BCUT2D eigenvalue weighted by molar-refractivity contribution is 8.18. The third-order valence-corrected chi connectivity index (χ3v) is 9.74. The molecule has 1 saturated heterocycles. The maximum absolute atomic E-state index is 12.9. The first-order valence-electron chi connectivity index (χ1n) is 12.9. The number of methoxy groups -OCH3 is 1. The van der Waals surface area contributed by atoms with Crippen LogP contribution < -0.4 is 10.1 Å². The van der Waals surface area contributed by atoms with E-state index in [1.54, 1.807) is 7.11 Å². The van der Waals surface area contributed by atoms with Crippen LogP contribution in [0.25, 0.3) is 23.0 Å². The van der Waals surface area contributed by atoms with Crippen LogP contribution in [0.15, 0.2) is 75.9 Å². The predicted octanol–water partition coefficient (Wildman–Crippen LogP) is 6.31. The van der Waals surface area contributed by atoms with Crippen LogP contribution in [-0.4, -0.2) is 33.7 Å². The summed E-state index contributed by atoms with van der Waals surface area (Å²) in [6.07, 6.45) is 7.22. The van der Waals surface area contributed by atoms with Crippen LogP contribution in [-0.2, 0) is 4.79 Å². The van der Waals surface area contributed by atoms with Gasteiger partial charge in [-0.15, -0.1) is 5.10 Å². The summed E-state index contributed by atoms with van der Waals surface area (Å²) in [4.78, 5) is 13.5. The van der Waals surface area contributed by atoms with Crippen molar-refractivity contribution in [2.45, 2.75) is 40.0 Å². The molecule has 1 aliphatic heterocycles. The Labute approximate surface area is 227 Å². The van der Waals surface area contributed by atoms with Crippen LogP contribution in [0.3, 0.4) is 0 Å². The van der Waals surface area contributed by atoms with E-state index in [9.17, 15) is 4.79 Å². The molecular formula is C30H31N5O2S. The zero-order chi connectivity index (χ0) is 26.5. The second kappa shape index (κ2) is 9.27. The monoisotopic (exact) mass is 525 g/mol. The number of amidine groups is 1. The highest BCUT2D eigenvalue weighted by atomic mass is 32.2. The molecule has 2 heterocycles. The number of thioether (sulfide) groups is 1. The highest BCUT2D eigenvalue weighted by Gasteiger charge is 2.60. The Kier molecular flexibility index (Phi) is 6.02. The van der Waals surface area contributed by atoms with Crippen molar-refractivity contribution in [3.63, 3.8) is 0 Å². The van der Waals surface area contributed by atoms with E-state index in [4.69, 9.17) is 9.84 Å². The summed E-state index contributed by atoms with van der Waals surface area (Å²) in [6.45, 7) is 7.02. The van der Waals surface area contributed by atoms with Gasteiger partial charge in [0.25, 0.3) is 5.91 Å². The van der Waals surface area contributed by atoms with Crippen LogP contribution in [0.5, 0.6) is 5.75 Å². The number of carbonyl (C=O) groups excluding carboxylic acids is 1. The standard InChI is InChI=1S/C30H31N5O2S/c1-29(2)21-14-15-30(29,3)25(17-21)32-33-28-31-27(36)24(38-28)16-20-18-35(22-8-6-5-7-9-22)34-26(20)19-10-12-23(37-4)13-11-19/h5-13,16,18,21H,14-15,17H2,1-4H3,(H,31,33,36). The summed E-state index contributed by atoms with van der Waals surface area (Å²) in [5, 5.41) is 17.4. The van der Waals surface area contributed by atoms with Gasteiger partial charge < -0.3 is 4.74 Å². The number of ether oxygens (including phenoxy) is 1. The molecular weight excluding hydrogens is 494 g/mol. The molecule has 1 aromatic heterocycles. The number of hydrogen-bond acceptors (Lipinski definition) is 6. The zero-order valence-corrected chi connectivity index (χ0v) is 22.9. The van der Waals surface area contributed by atoms with Crippen molar-refractivity contribution in [1.82, 2.24) is 15.1 Å². The highest BCUT2D eigenvalue weighted by Crippen LogP contribution is 2.64. The Morgan fingerprint density at radius 1 is 1.11 bits per heavy atom. The number of benzene rings is 2. The van der Waals surface area contributed by atoms with Gasteiger partial charge in [0.1, 0.15) is 5.75 Å². The van der Waals surface area contributed by atoms with E-state index in [1.807, 2.05) is 71.6 Å². The summed E-state index contributed by atoms with van der Waals surface area (Å²) < 4.78 is 7.15. The maximum atomic E-state index is 12.9. The van der Waals surface area contributed by atoms with Gasteiger partial charge in [-0.1, -0.05) is 39.0 Å². The van der Waals surface area contributed by atoms with Crippen LogP contribution in [0.2, 0.25) is 0 Å². The van der Waals surface area contributed by atoms with Gasteiger partial charge in [-0.05, 0) is 84.8 Å². The molecule has 2 aromatic carbocycles. The molecule has 1 N–H and O–H groups in total. The van der Waals surface area contributed by atoms with E-state index in [2.05, 4.69) is 36.3 Å². The largest absolute Gasteiger partial charge is 0.497 e. The normalized spacial score (nSPS) is 27.0. The third-order valence-electron chi connectivity index (χ3n) is 8.84. The lowest BCUT2D eigenvalue weighted by Crippen LogP contribution is -2.32. The number of para-hydroxylation sites is 1. The average molecular weight is 526 g/mol. The molecule has 3 aromatic rings. The molecule has 3 aliphatic rings. The topological polar surface area (TPSA) is 80.9 Å². The van der Waals surface area contributed by atoms with Gasteiger partial charge in [-0.3, -0.25) is 10.1 Å². The van der Waals surface area contributed by atoms with Crippen LogP contribution in [0.1, 0.15) is 45.6 Å². The molecule has 38 heavy (non-hydrogen) atoms. The summed E-state index contributed by atoms with van der Waals surface area (Å²) in [5.74, 6) is 1.25. The number of nitrogens with zero attached hydrogens (tertiary/aromatic N) is 4. The summed E-state index contributed by atoms with van der Waals surface area (Å²) in [5.41, 5.74) is 4.96. The molecule has 6 rings (SSSR count). The van der Waals surface area contributed by atoms with Crippen LogP contribution in [0, 0.1) is 16.7 Å². The number of amides is 1. The van der Waals surface area contributed by atoms with Gasteiger partial charge in [0.05, 0.1) is 23.4 Å². The van der Waals surface area contributed by atoms with E-state index in [0.717, 1.165) is 46.8 Å². The smallest absolute Gasteiger partial charge is 0.264 e. The molecule has 2 aliphatic carbocycles. The van der Waals surface area contributed by atoms with E-state index in [-0.39, 0.29) is 16.7 Å². The van der Waals surface area contributed by atoms with Gasteiger partial charge >= 0.3 is 0 Å². The lowest BCUT2D eigenvalue weighted by atomic mass is 9.70. The van der Waals surface area contributed by atoms with Gasteiger partial charge in [-0.25, -0.2) is 4.68 Å². The number of nitrogens with one attached hydrogen (secondary N) is 1. The number of rotatable bonds is 5. The molecule has 2 unspecified atom stereocenters. The Balaban J connectivity index is 1.32. The van der Waals surface area contributed by atoms with Crippen molar-refractivity contribution < 1.29 is 9.53 Å². The molecule has 2 atom stereocenters.